The molecule has 2 atom stereocenters. The van der Waals surface area contributed by atoms with Gasteiger partial charge in [-0.2, -0.15) is 4.31 Å². The summed E-state index contributed by atoms with van der Waals surface area (Å²) >= 11 is 15.5. The predicted molar refractivity (Wildman–Crippen MR) is 89.6 cm³/mol. The Bertz CT molecular complexity index is 619. The van der Waals surface area contributed by atoms with Crippen molar-refractivity contribution in [2.75, 3.05) is 20.1 Å². The molecular weight excluding hydrogens is 399 g/mol. The molecule has 0 saturated carbocycles. The van der Waals surface area contributed by atoms with Gasteiger partial charge in [0.05, 0.1) is 10.0 Å². The van der Waals surface area contributed by atoms with Gasteiger partial charge in [0, 0.05) is 29.6 Å². The first kappa shape index (κ1) is 17.5. The van der Waals surface area contributed by atoms with Crippen molar-refractivity contribution in [1.29, 1.82) is 0 Å². The van der Waals surface area contributed by atoms with Crippen LogP contribution in [0.1, 0.15) is 13.8 Å². The molecule has 21 heavy (non-hydrogen) atoms. The van der Waals surface area contributed by atoms with Crippen LogP contribution < -0.4 is 0 Å². The fourth-order valence-electron chi connectivity index (χ4n) is 2.46. The molecule has 2 unspecified atom stereocenters. The number of benzene rings is 1. The molecule has 1 aromatic rings. The first-order valence-electron chi connectivity index (χ1n) is 6.51. The maximum atomic E-state index is 12.9. The highest BCUT2D eigenvalue weighted by molar-refractivity contribution is 9.10. The molecule has 1 aliphatic heterocycles. The van der Waals surface area contributed by atoms with Crippen molar-refractivity contribution in [3.63, 3.8) is 0 Å². The zero-order valence-corrected chi connectivity index (χ0v) is 15.9. The molecule has 0 aromatic heterocycles. The van der Waals surface area contributed by atoms with E-state index in [1.807, 2.05) is 20.9 Å². The van der Waals surface area contributed by atoms with E-state index < -0.39 is 10.0 Å². The number of sulfonamides is 1. The second kappa shape index (κ2) is 6.34. The summed E-state index contributed by atoms with van der Waals surface area (Å²) in [5.74, 6) is 0. The molecule has 0 N–H and O–H groups in total. The Labute approximate surface area is 144 Å². The van der Waals surface area contributed by atoms with Crippen LogP contribution in [-0.4, -0.2) is 49.8 Å². The minimum atomic E-state index is -3.71. The highest BCUT2D eigenvalue weighted by Crippen LogP contribution is 2.35. The number of piperazine rings is 1. The quantitative estimate of drug-likeness (QED) is 0.742. The molecule has 2 rings (SSSR count). The SMILES string of the molecule is CC1CN(S(=O)(=O)c2c(Cl)cc(Br)cc2Cl)CC(C)N1C. The fraction of sp³-hybridized carbons (Fsp3) is 0.538. The van der Waals surface area contributed by atoms with Gasteiger partial charge in [-0.25, -0.2) is 8.42 Å². The predicted octanol–water partition coefficient (Wildman–Crippen LogP) is 3.47. The highest BCUT2D eigenvalue weighted by atomic mass is 79.9. The van der Waals surface area contributed by atoms with Crippen molar-refractivity contribution in [3.8, 4) is 0 Å². The molecule has 0 spiro atoms. The second-order valence-electron chi connectivity index (χ2n) is 5.38. The number of hydrogen-bond donors (Lipinski definition) is 0. The van der Waals surface area contributed by atoms with E-state index in [1.165, 1.54) is 4.31 Å². The van der Waals surface area contributed by atoms with Gasteiger partial charge in [0.2, 0.25) is 10.0 Å². The summed E-state index contributed by atoms with van der Waals surface area (Å²) in [7, 11) is -1.71. The van der Waals surface area contributed by atoms with Crippen LogP contribution in [0.3, 0.4) is 0 Å². The smallest absolute Gasteiger partial charge is 0.246 e. The standard InChI is InChI=1S/C13H17BrCl2N2O2S/c1-8-6-18(7-9(2)17(8)3)21(19,20)13-11(15)4-10(14)5-12(13)16/h4-5,8-9H,6-7H2,1-3H3. The molecule has 1 heterocycles. The minimum Gasteiger partial charge on any atom is -0.298 e. The van der Waals surface area contributed by atoms with Crippen molar-refractivity contribution in [2.24, 2.45) is 0 Å². The first-order chi connectivity index (χ1) is 9.64. The average molecular weight is 416 g/mol. The van der Waals surface area contributed by atoms with E-state index in [2.05, 4.69) is 20.8 Å². The van der Waals surface area contributed by atoms with Crippen LogP contribution in [0.2, 0.25) is 10.0 Å². The lowest BCUT2D eigenvalue weighted by Crippen LogP contribution is -2.56. The third-order valence-corrected chi connectivity index (χ3v) is 7.10. The van der Waals surface area contributed by atoms with Gasteiger partial charge in [-0.3, -0.25) is 4.90 Å². The van der Waals surface area contributed by atoms with Gasteiger partial charge in [-0.15, -0.1) is 0 Å². The molecule has 0 amide bonds. The molecule has 1 saturated heterocycles. The maximum Gasteiger partial charge on any atom is 0.246 e. The lowest BCUT2D eigenvalue weighted by molar-refractivity contribution is 0.105. The van der Waals surface area contributed by atoms with Gasteiger partial charge in [0.25, 0.3) is 0 Å². The molecule has 8 heteroatoms. The van der Waals surface area contributed by atoms with Crippen LogP contribution in [0.25, 0.3) is 0 Å². The monoisotopic (exact) mass is 414 g/mol. The van der Waals surface area contributed by atoms with Crippen molar-refractivity contribution in [2.45, 2.75) is 30.8 Å². The van der Waals surface area contributed by atoms with E-state index in [-0.39, 0.29) is 27.0 Å². The van der Waals surface area contributed by atoms with Crippen molar-refractivity contribution >= 4 is 49.2 Å². The topological polar surface area (TPSA) is 40.6 Å². The summed E-state index contributed by atoms with van der Waals surface area (Å²) in [6, 6.07) is 3.36. The third kappa shape index (κ3) is 3.41. The number of hydrogen-bond acceptors (Lipinski definition) is 3. The molecule has 0 aliphatic carbocycles. The van der Waals surface area contributed by atoms with Gasteiger partial charge < -0.3 is 0 Å². The highest BCUT2D eigenvalue weighted by Gasteiger charge is 2.36. The van der Waals surface area contributed by atoms with E-state index >= 15 is 0 Å². The van der Waals surface area contributed by atoms with Crippen LogP contribution in [-0.2, 0) is 10.0 Å². The van der Waals surface area contributed by atoms with Gasteiger partial charge in [-0.05, 0) is 33.0 Å². The molecule has 4 nitrogen and oxygen atoms in total. The first-order valence-corrected chi connectivity index (χ1v) is 9.50. The van der Waals surface area contributed by atoms with Gasteiger partial charge in [0.15, 0.2) is 0 Å². The van der Waals surface area contributed by atoms with Gasteiger partial charge >= 0.3 is 0 Å². The van der Waals surface area contributed by atoms with E-state index in [1.54, 1.807) is 12.1 Å². The molecule has 0 bridgehead atoms. The van der Waals surface area contributed by atoms with Crippen molar-refractivity contribution in [1.82, 2.24) is 9.21 Å². The van der Waals surface area contributed by atoms with Crippen LogP contribution in [0, 0.1) is 0 Å². The van der Waals surface area contributed by atoms with Crippen molar-refractivity contribution < 1.29 is 8.42 Å². The molecule has 1 fully saturated rings. The zero-order chi connectivity index (χ0) is 15.9. The summed E-state index contributed by atoms with van der Waals surface area (Å²) < 4.78 is 27.8. The van der Waals surface area contributed by atoms with E-state index in [4.69, 9.17) is 23.2 Å². The average Bonchev–Trinajstić information content (AvgIpc) is 2.33. The summed E-state index contributed by atoms with van der Waals surface area (Å²) in [4.78, 5) is 2.15. The fourth-order valence-corrected chi connectivity index (χ4v) is 5.94. The Hall–Kier alpha value is 0.150. The number of likely N-dealkylation sites (N-methyl/N-ethyl adjacent to an activating group) is 1. The summed E-state index contributed by atoms with van der Waals surface area (Å²) in [5, 5.41) is 0.266. The number of halogens is 3. The summed E-state index contributed by atoms with van der Waals surface area (Å²) in [6.45, 7) is 4.85. The van der Waals surface area contributed by atoms with E-state index in [9.17, 15) is 8.42 Å². The third-order valence-electron chi connectivity index (χ3n) is 3.89. The molecule has 118 valence electrons. The van der Waals surface area contributed by atoms with E-state index in [0.717, 1.165) is 0 Å². The summed E-state index contributed by atoms with van der Waals surface area (Å²) in [5.41, 5.74) is 0. The van der Waals surface area contributed by atoms with Gasteiger partial charge in [0.1, 0.15) is 4.90 Å². The van der Waals surface area contributed by atoms with Crippen LogP contribution in [0.15, 0.2) is 21.5 Å². The lowest BCUT2D eigenvalue weighted by Gasteiger charge is -2.41. The normalized spacial score (nSPS) is 25.2. The molecule has 1 aliphatic rings. The molecule has 0 radical (unpaired) electrons. The van der Waals surface area contributed by atoms with Crippen LogP contribution in [0.5, 0.6) is 0 Å². The minimum absolute atomic E-state index is 0.0158. The Morgan fingerprint density at radius 3 is 2.00 bits per heavy atom. The summed E-state index contributed by atoms with van der Waals surface area (Å²) in [6.07, 6.45) is 0. The van der Waals surface area contributed by atoms with Gasteiger partial charge in [-0.1, -0.05) is 39.1 Å². The molecule has 1 aromatic carbocycles. The lowest BCUT2D eigenvalue weighted by atomic mass is 10.1. The van der Waals surface area contributed by atoms with Crippen LogP contribution in [0.4, 0.5) is 0 Å². The number of nitrogens with zero attached hydrogens (tertiary/aromatic N) is 2. The maximum absolute atomic E-state index is 12.9. The number of rotatable bonds is 2. The van der Waals surface area contributed by atoms with Crippen LogP contribution >= 0.6 is 39.1 Å². The Kier molecular flexibility index (Phi) is 5.28. The Morgan fingerprint density at radius 1 is 1.14 bits per heavy atom. The largest absolute Gasteiger partial charge is 0.298 e. The molecular formula is C13H17BrCl2N2O2S. The van der Waals surface area contributed by atoms with E-state index in [0.29, 0.717) is 17.6 Å². The van der Waals surface area contributed by atoms with Crippen molar-refractivity contribution in [3.05, 3.63) is 26.7 Å². The second-order valence-corrected chi connectivity index (χ2v) is 8.99. The Balaban J connectivity index is 2.44. The zero-order valence-electron chi connectivity index (χ0n) is 12.0. The Morgan fingerprint density at radius 2 is 1.57 bits per heavy atom.